The van der Waals surface area contributed by atoms with Gasteiger partial charge in [-0.1, -0.05) is 26.7 Å². The third kappa shape index (κ3) is 3.68. The molecule has 2 rings (SSSR count). The Bertz CT molecular complexity index is 456. The van der Waals surface area contributed by atoms with Crippen LogP contribution in [0.25, 0.3) is 0 Å². The monoisotopic (exact) mass is 277 g/mol. The summed E-state index contributed by atoms with van der Waals surface area (Å²) in [5, 5.41) is 9.05. The van der Waals surface area contributed by atoms with E-state index in [4.69, 9.17) is 5.11 Å². The fraction of sp³-hybridized carbons (Fsp3) is 0.667. The van der Waals surface area contributed by atoms with Gasteiger partial charge >= 0.3 is 5.97 Å². The van der Waals surface area contributed by atoms with E-state index in [1.807, 2.05) is 0 Å². The van der Waals surface area contributed by atoms with Crippen LogP contribution in [0.1, 0.15) is 56.4 Å². The molecule has 0 bridgehead atoms. The fourth-order valence-electron chi connectivity index (χ4n) is 2.69. The summed E-state index contributed by atoms with van der Waals surface area (Å²) in [6.45, 7) is 5.32. The topological polar surface area (TPSA) is 66.3 Å². The molecule has 1 aliphatic rings. The number of aromatic carboxylic acids is 1. The maximum absolute atomic E-state index is 11.0. The van der Waals surface area contributed by atoms with E-state index >= 15 is 0 Å². The molecule has 1 saturated carbocycles. The molecular weight excluding hydrogens is 254 g/mol. The van der Waals surface area contributed by atoms with Gasteiger partial charge in [-0.15, -0.1) is 0 Å². The molecule has 0 amide bonds. The lowest BCUT2D eigenvalue weighted by atomic mass is 10.1. The summed E-state index contributed by atoms with van der Waals surface area (Å²) < 4.78 is 0. The normalized spacial score (nSPS) is 15.8. The van der Waals surface area contributed by atoms with Crippen molar-refractivity contribution in [2.75, 3.05) is 11.4 Å². The molecule has 1 heterocycles. The minimum absolute atomic E-state index is 0.0232. The van der Waals surface area contributed by atoms with Gasteiger partial charge in [0.1, 0.15) is 5.82 Å². The predicted molar refractivity (Wildman–Crippen MR) is 78.0 cm³/mol. The molecule has 5 nitrogen and oxygen atoms in total. The zero-order chi connectivity index (χ0) is 14.5. The number of carboxylic acids is 1. The molecule has 1 aliphatic carbocycles. The Labute approximate surface area is 120 Å². The molecule has 1 aromatic rings. The van der Waals surface area contributed by atoms with E-state index in [1.54, 1.807) is 6.20 Å². The first kappa shape index (κ1) is 14.8. The van der Waals surface area contributed by atoms with Crippen LogP contribution in [0.5, 0.6) is 0 Å². The van der Waals surface area contributed by atoms with Crippen molar-refractivity contribution in [2.24, 2.45) is 5.92 Å². The molecule has 1 aromatic heterocycles. The van der Waals surface area contributed by atoms with Crippen molar-refractivity contribution in [3.8, 4) is 0 Å². The number of aromatic nitrogens is 2. The van der Waals surface area contributed by atoms with Crippen LogP contribution in [-0.2, 0) is 0 Å². The Kier molecular flexibility index (Phi) is 4.93. The number of carboxylic acid groups (broad SMARTS) is 1. The summed E-state index contributed by atoms with van der Waals surface area (Å²) in [5.74, 6) is 0.307. The van der Waals surface area contributed by atoms with Crippen LogP contribution in [-0.4, -0.2) is 33.6 Å². The standard InChI is InChI=1S/C15H23N3O2/c1-11(2)7-8-18(12-5-3-4-6-12)14-10-16-9-13(17-14)15(19)20/h9-12H,3-8H2,1-2H3,(H,19,20). The van der Waals surface area contributed by atoms with E-state index < -0.39 is 5.97 Å². The maximum Gasteiger partial charge on any atom is 0.356 e. The smallest absolute Gasteiger partial charge is 0.356 e. The van der Waals surface area contributed by atoms with Gasteiger partial charge in [0.05, 0.1) is 12.4 Å². The molecule has 0 aliphatic heterocycles. The highest BCUT2D eigenvalue weighted by atomic mass is 16.4. The maximum atomic E-state index is 11.0. The highest BCUT2D eigenvalue weighted by molar-refractivity contribution is 5.85. The molecular formula is C15H23N3O2. The zero-order valence-corrected chi connectivity index (χ0v) is 12.2. The van der Waals surface area contributed by atoms with E-state index in [0.717, 1.165) is 25.8 Å². The Morgan fingerprint density at radius 1 is 1.40 bits per heavy atom. The van der Waals surface area contributed by atoms with E-state index in [9.17, 15) is 4.79 Å². The molecule has 1 fully saturated rings. The summed E-state index contributed by atoms with van der Waals surface area (Å²) in [6, 6.07) is 0.479. The second-order valence-electron chi connectivity index (χ2n) is 5.88. The van der Waals surface area contributed by atoms with Gasteiger partial charge in [-0.3, -0.25) is 4.98 Å². The van der Waals surface area contributed by atoms with Gasteiger partial charge in [-0.05, 0) is 25.2 Å². The Morgan fingerprint density at radius 3 is 2.70 bits per heavy atom. The average molecular weight is 277 g/mol. The van der Waals surface area contributed by atoms with Crippen LogP contribution in [0.4, 0.5) is 5.82 Å². The van der Waals surface area contributed by atoms with Gasteiger partial charge in [0.15, 0.2) is 5.69 Å². The molecule has 0 unspecified atom stereocenters. The van der Waals surface area contributed by atoms with Crippen molar-refractivity contribution in [3.05, 3.63) is 18.1 Å². The lowest BCUT2D eigenvalue weighted by Crippen LogP contribution is -2.35. The van der Waals surface area contributed by atoms with Gasteiger partial charge in [-0.2, -0.15) is 0 Å². The van der Waals surface area contributed by atoms with Crippen molar-refractivity contribution >= 4 is 11.8 Å². The molecule has 5 heteroatoms. The second kappa shape index (κ2) is 6.68. The van der Waals surface area contributed by atoms with Gasteiger partial charge < -0.3 is 10.0 Å². The Hall–Kier alpha value is -1.65. The summed E-state index contributed by atoms with van der Waals surface area (Å²) in [6.07, 6.45) is 8.89. The highest BCUT2D eigenvalue weighted by Gasteiger charge is 2.24. The summed E-state index contributed by atoms with van der Waals surface area (Å²) in [5.41, 5.74) is 0.0232. The SMILES string of the molecule is CC(C)CCN(c1cncc(C(=O)O)n1)C1CCCC1. The first-order valence-corrected chi connectivity index (χ1v) is 7.40. The number of nitrogens with zero attached hydrogens (tertiary/aromatic N) is 3. The van der Waals surface area contributed by atoms with Gasteiger partial charge in [0.25, 0.3) is 0 Å². The Balaban J connectivity index is 2.20. The zero-order valence-electron chi connectivity index (χ0n) is 12.2. The number of rotatable bonds is 6. The molecule has 110 valence electrons. The average Bonchev–Trinajstić information content (AvgIpc) is 2.93. The third-order valence-electron chi connectivity index (χ3n) is 3.85. The lowest BCUT2D eigenvalue weighted by molar-refractivity contribution is 0.0690. The largest absolute Gasteiger partial charge is 0.476 e. The molecule has 1 N–H and O–H groups in total. The third-order valence-corrected chi connectivity index (χ3v) is 3.85. The van der Waals surface area contributed by atoms with Crippen LogP contribution in [0.15, 0.2) is 12.4 Å². The van der Waals surface area contributed by atoms with E-state index in [2.05, 4.69) is 28.7 Å². The Morgan fingerprint density at radius 2 is 2.10 bits per heavy atom. The van der Waals surface area contributed by atoms with E-state index in [0.29, 0.717) is 17.8 Å². The minimum atomic E-state index is -1.02. The molecule has 0 aromatic carbocycles. The van der Waals surface area contributed by atoms with Crippen molar-refractivity contribution in [2.45, 2.75) is 52.0 Å². The van der Waals surface area contributed by atoms with Crippen molar-refractivity contribution < 1.29 is 9.90 Å². The van der Waals surface area contributed by atoms with Crippen LogP contribution in [0, 0.1) is 5.92 Å². The molecule has 0 radical (unpaired) electrons. The van der Waals surface area contributed by atoms with Crippen LogP contribution >= 0.6 is 0 Å². The van der Waals surface area contributed by atoms with Gasteiger partial charge in [0, 0.05) is 12.6 Å². The lowest BCUT2D eigenvalue weighted by Gasteiger charge is -2.30. The van der Waals surface area contributed by atoms with Crippen LogP contribution in [0.3, 0.4) is 0 Å². The first-order chi connectivity index (χ1) is 9.58. The molecule has 20 heavy (non-hydrogen) atoms. The van der Waals surface area contributed by atoms with Crippen molar-refractivity contribution in [1.82, 2.24) is 9.97 Å². The molecule has 0 saturated heterocycles. The number of carbonyl (C=O) groups is 1. The van der Waals surface area contributed by atoms with E-state index in [1.165, 1.54) is 19.0 Å². The predicted octanol–water partition coefficient (Wildman–Crippen LogP) is 2.97. The molecule has 0 atom stereocenters. The second-order valence-corrected chi connectivity index (χ2v) is 5.88. The highest BCUT2D eigenvalue weighted by Crippen LogP contribution is 2.27. The van der Waals surface area contributed by atoms with Crippen molar-refractivity contribution in [3.63, 3.8) is 0 Å². The van der Waals surface area contributed by atoms with Crippen molar-refractivity contribution in [1.29, 1.82) is 0 Å². The van der Waals surface area contributed by atoms with Crippen LogP contribution in [0.2, 0.25) is 0 Å². The summed E-state index contributed by atoms with van der Waals surface area (Å²) in [7, 11) is 0. The summed E-state index contributed by atoms with van der Waals surface area (Å²) >= 11 is 0. The molecule has 0 spiro atoms. The van der Waals surface area contributed by atoms with Gasteiger partial charge in [-0.25, -0.2) is 9.78 Å². The number of hydrogen-bond acceptors (Lipinski definition) is 4. The van der Waals surface area contributed by atoms with Gasteiger partial charge in [0.2, 0.25) is 0 Å². The minimum Gasteiger partial charge on any atom is -0.476 e. The van der Waals surface area contributed by atoms with Crippen LogP contribution < -0.4 is 4.90 Å². The summed E-state index contributed by atoms with van der Waals surface area (Å²) in [4.78, 5) is 21.6. The fourth-order valence-corrected chi connectivity index (χ4v) is 2.69. The first-order valence-electron chi connectivity index (χ1n) is 7.40. The quantitative estimate of drug-likeness (QED) is 0.866. The van der Waals surface area contributed by atoms with E-state index in [-0.39, 0.29) is 5.69 Å². The number of hydrogen-bond donors (Lipinski definition) is 1. The number of anilines is 1.